The van der Waals surface area contributed by atoms with Crippen molar-refractivity contribution in [1.29, 1.82) is 0 Å². The number of amides is 1. The van der Waals surface area contributed by atoms with E-state index in [0.717, 1.165) is 11.3 Å². The Labute approximate surface area is 190 Å². The zero-order valence-electron chi connectivity index (χ0n) is 18.1. The quantitative estimate of drug-likeness (QED) is 0.498. The van der Waals surface area contributed by atoms with E-state index in [-0.39, 0.29) is 17.3 Å². The van der Waals surface area contributed by atoms with Crippen molar-refractivity contribution in [3.05, 3.63) is 66.4 Å². The van der Waals surface area contributed by atoms with Crippen molar-refractivity contribution in [3.8, 4) is 16.9 Å². The summed E-state index contributed by atoms with van der Waals surface area (Å²) in [6.45, 7) is 1.74. The van der Waals surface area contributed by atoms with Crippen molar-refractivity contribution >= 4 is 26.8 Å². The van der Waals surface area contributed by atoms with Crippen LogP contribution in [0.4, 0.5) is 4.39 Å². The Morgan fingerprint density at radius 1 is 1.21 bits per heavy atom. The number of benzene rings is 1. The highest BCUT2D eigenvalue weighted by atomic mass is 32.2. The third kappa shape index (κ3) is 3.91. The highest BCUT2D eigenvalue weighted by molar-refractivity contribution is 7.91. The molecule has 1 atom stereocenters. The number of hydrogen-bond acceptors (Lipinski definition) is 5. The Balaban J connectivity index is 1.60. The first-order valence-electron chi connectivity index (χ1n) is 10.4. The summed E-state index contributed by atoms with van der Waals surface area (Å²) in [5, 5.41) is 7.10. The number of nitrogens with one attached hydrogen (secondary N) is 1. The van der Waals surface area contributed by atoms with Crippen LogP contribution >= 0.6 is 0 Å². The second-order valence-corrected chi connectivity index (χ2v) is 10.9. The lowest BCUT2D eigenvalue weighted by Gasteiger charge is -2.23. The van der Waals surface area contributed by atoms with Crippen molar-refractivity contribution in [2.45, 2.75) is 18.9 Å². The number of aromatic nitrogens is 4. The number of hydrogen-bond donors (Lipinski definition) is 1. The third-order valence-corrected chi connectivity index (χ3v) is 7.93. The maximum absolute atomic E-state index is 13.5. The van der Waals surface area contributed by atoms with Gasteiger partial charge in [0.15, 0.2) is 9.84 Å². The molecule has 170 valence electrons. The first kappa shape index (κ1) is 21.3. The highest BCUT2D eigenvalue weighted by Crippen LogP contribution is 2.32. The fourth-order valence-corrected chi connectivity index (χ4v) is 6.42. The Hall–Kier alpha value is -3.53. The summed E-state index contributed by atoms with van der Waals surface area (Å²) < 4.78 is 40.9. The van der Waals surface area contributed by atoms with Gasteiger partial charge in [-0.05, 0) is 49.7 Å². The molecule has 1 fully saturated rings. The van der Waals surface area contributed by atoms with E-state index < -0.39 is 21.3 Å². The van der Waals surface area contributed by atoms with Crippen LogP contribution in [0.3, 0.4) is 0 Å². The van der Waals surface area contributed by atoms with E-state index in [1.165, 1.54) is 18.3 Å². The van der Waals surface area contributed by atoms with Gasteiger partial charge in [-0.2, -0.15) is 5.10 Å². The largest absolute Gasteiger partial charge is 0.346 e. The monoisotopic (exact) mass is 467 g/mol. The molecule has 1 aliphatic rings. The summed E-state index contributed by atoms with van der Waals surface area (Å²) in [4.78, 5) is 17.6. The first-order chi connectivity index (χ1) is 15.6. The van der Waals surface area contributed by atoms with E-state index in [1.54, 1.807) is 36.0 Å². The zero-order chi connectivity index (χ0) is 23.4. The van der Waals surface area contributed by atoms with Crippen LogP contribution in [-0.2, 0) is 16.9 Å². The van der Waals surface area contributed by atoms with E-state index in [1.807, 2.05) is 23.9 Å². The minimum absolute atomic E-state index is 0.0581. The lowest BCUT2D eigenvalue weighted by molar-refractivity contribution is 0.0915. The molecular weight excluding hydrogens is 445 g/mol. The van der Waals surface area contributed by atoms with Crippen LogP contribution in [0.2, 0.25) is 0 Å². The van der Waals surface area contributed by atoms with Crippen LogP contribution in [0, 0.1) is 5.82 Å². The highest BCUT2D eigenvalue weighted by Gasteiger charge is 2.39. The number of rotatable bonds is 4. The van der Waals surface area contributed by atoms with Crippen LogP contribution in [0.1, 0.15) is 23.7 Å². The molecule has 5 rings (SSSR count). The molecule has 0 radical (unpaired) electrons. The topological polar surface area (TPSA) is 98.9 Å². The van der Waals surface area contributed by atoms with Crippen LogP contribution in [-0.4, -0.2) is 50.7 Å². The van der Waals surface area contributed by atoms with Crippen molar-refractivity contribution in [3.63, 3.8) is 0 Å². The average molecular weight is 468 g/mol. The molecule has 0 bridgehead atoms. The van der Waals surface area contributed by atoms with Crippen molar-refractivity contribution in [2.24, 2.45) is 7.05 Å². The van der Waals surface area contributed by atoms with Crippen molar-refractivity contribution in [1.82, 2.24) is 24.6 Å². The van der Waals surface area contributed by atoms with Gasteiger partial charge in [0.25, 0.3) is 5.91 Å². The average Bonchev–Trinajstić information content (AvgIpc) is 3.43. The van der Waals surface area contributed by atoms with Gasteiger partial charge in [0.2, 0.25) is 0 Å². The number of carbonyl (C=O) groups excluding carboxylic acids is 1. The Morgan fingerprint density at radius 3 is 2.61 bits per heavy atom. The van der Waals surface area contributed by atoms with Crippen LogP contribution < -0.4 is 5.32 Å². The second kappa shape index (κ2) is 7.51. The first-order valence-corrected chi connectivity index (χ1v) is 12.2. The molecule has 8 nitrogen and oxygen atoms in total. The lowest BCUT2D eigenvalue weighted by Crippen LogP contribution is -2.46. The molecule has 3 aromatic heterocycles. The molecule has 0 aliphatic carbocycles. The third-order valence-electron chi connectivity index (χ3n) is 6.02. The molecule has 0 spiro atoms. The molecule has 33 heavy (non-hydrogen) atoms. The number of aryl methyl sites for hydroxylation is 1. The maximum Gasteiger partial charge on any atom is 0.253 e. The Bertz CT molecular complexity index is 1490. The SMILES string of the molecule is Cn1nccc1-c1cn(-c2ccc(F)cc2)c2cc(C(=O)N[C@@]3(C)CCS(=O)(=O)C3)cnc12. The van der Waals surface area contributed by atoms with Gasteiger partial charge in [0, 0.05) is 36.9 Å². The lowest BCUT2D eigenvalue weighted by atomic mass is 10.0. The van der Waals surface area contributed by atoms with Gasteiger partial charge < -0.3 is 9.88 Å². The summed E-state index contributed by atoms with van der Waals surface area (Å²) in [5.74, 6) is -0.765. The van der Waals surface area contributed by atoms with Gasteiger partial charge in [-0.3, -0.25) is 14.5 Å². The fraction of sp³-hybridized carbons (Fsp3) is 0.261. The minimum Gasteiger partial charge on any atom is -0.346 e. The number of halogens is 1. The summed E-state index contributed by atoms with van der Waals surface area (Å²) in [6, 6.07) is 9.63. The minimum atomic E-state index is -3.16. The molecule has 1 saturated heterocycles. The van der Waals surface area contributed by atoms with E-state index in [9.17, 15) is 17.6 Å². The van der Waals surface area contributed by atoms with Gasteiger partial charge in [-0.1, -0.05) is 0 Å². The van der Waals surface area contributed by atoms with Gasteiger partial charge in [0.1, 0.15) is 5.82 Å². The molecule has 1 amide bonds. The summed E-state index contributed by atoms with van der Waals surface area (Å²) in [6.07, 6.45) is 5.43. The summed E-state index contributed by atoms with van der Waals surface area (Å²) in [7, 11) is -1.33. The van der Waals surface area contributed by atoms with E-state index in [4.69, 9.17) is 0 Å². The molecule has 10 heteroatoms. The Kier molecular flexibility index (Phi) is 4.86. The predicted molar refractivity (Wildman–Crippen MR) is 122 cm³/mol. The molecule has 4 aromatic rings. The van der Waals surface area contributed by atoms with Crippen LogP contribution in [0.15, 0.2) is 55.0 Å². The van der Waals surface area contributed by atoms with Crippen LogP contribution in [0.5, 0.6) is 0 Å². The van der Waals surface area contributed by atoms with Crippen LogP contribution in [0.25, 0.3) is 28.0 Å². The van der Waals surface area contributed by atoms with E-state index >= 15 is 0 Å². The number of fused-ring (bicyclic) bond motifs is 1. The molecule has 1 N–H and O–H groups in total. The van der Waals surface area contributed by atoms with Gasteiger partial charge in [0.05, 0.1) is 39.3 Å². The molecule has 4 heterocycles. The van der Waals surface area contributed by atoms with Crippen molar-refractivity contribution < 1.29 is 17.6 Å². The number of pyridine rings is 1. The molecular formula is C23H22FN5O3S. The predicted octanol–water partition coefficient (Wildman–Crippen LogP) is 2.87. The smallest absolute Gasteiger partial charge is 0.253 e. The molecule has 0 unspecified atom stereocenters. The fourth-order valence-electron chi connectivity index (χ4n) is 4.32. The molecule has 1 aromatic carbocycles. The normalized spacial score (nSPS) is 19.7. The Morgan fingerprint density at radius 2 is 1.97 bits per heavy atom. The van der Waals surface area contributed by atoms with Gasteiger partial charge in [-0.25, -0.2) is 12.8 Å². The number of carbonyl (C=O) groups is 1. The van der Waals surface area contributed by atoms with E-state index in [0.29, 0.717) is 28.7 Å². The summed E-state index contributed by atoms with van der Waals surface area (Å²) >= 11 is 0. The summed E-state index contributed by atoms with van der Waals surface area (Å²) in [5.41, 5.74) is 3.19. The molecule has 0 saturated carbocycles. The standard InChI is InChI=1S/C23H22FN5O3S/c1-23(8-10-33(31,32)14-23)27-22(30)15-11-20-21(25-12-15)18(19-7-9-26-28(19)2)13-29(20)17-5-3-16(24)4-6-17/h3-7,9,11-13H,8,10,14H2,1-2H3,(H,27,30)/t23-/m0/s1. The van der Waals surface area contributed by atoms with Crippen molar-refractivity contribution in [2.75, 3.05) is 11.5 Å². The number of nitrogens with zero attached hydrogens (tertiary/aromatic N) is 4. The maximum atomic E-state index is 13.5. The van der Waals surface area contributed by atoms with Gasteiger partial charge in [-0.15, -0.1) is 0 Å². The number of sulfone groups is 1. The van der Waals surface area contributed by atoms with Gasteiger partial charge >= 0.3 is 0 Å². The van der Waals surface area contributed by atoms with E-state index in [2.05, 4.69) is 15.4 Å². The second-order valence-electron chi connectivity index (χ2n) is 8.68. The zero-order valence-corrected chi connectivity index (χ0v) is 18.9. The molecule has 1 aliphatic heterocycles.